The maximum atomic E-state index is 13.8. The lowest BCUT2D eigenvalue weighted by molar-refractivity contribution is 0.0585. The molecule has 0 aliphatic carbocycles. The molecule has 0 N–H and O–H groups in total. The minimum atomic E-state index is -2.27. The Morgan fingerprint density at radius 3 is 1.45 bits per heavy atom. The zero-order valence-corrected chi connectivity index (χ0v) is 12.8. The minimum Gasteiger partial charge on any atom is -0.333 e. The molecule has 0 saturated heterocycles. The third-order valence-electron chi connectivity index (χ3n) is 3.79. The van der Waals surface area contributed by atoms with Crippen LogP contribution in [0.5, 0.6) is 0 Å². The van der Waals surface area contributed by atoms with Crippen LogP contribution in [0, 0.1) is 29.1 Å². The standard InChI is InChI=1S/C15H18F5NO/c1-5-7(3)21(8(4)6-2)15(22)9-10(16)12(18)14(20)13(19)11(9)17/h7-8H,5-6H2,1-4H3/t7-,8-/m1/s1. The number of halogens is 5. The van der Waals surface area contributed by atoms with Crippen LogP contribution in [0.3, 0.4) is 0 Å². The summed E-state index contributed by atoms with van der Waals surface area (Å²) in [5, 5.41) is 0. The average molecular weight is 323 g/mol. The summed E-state index contributed by atoms with van der Waals surface area (Å²) < 4.78 is 67.1. The number of benzene rings is 1. The lowest BCUT2D eigenvalue weighted by Gasteiger charge is -2.34. The van der Waals surface area contributed by atoms with E-state index in [9.17, 15) is 26.7 Å². The molecule has 1 aromatic rings. The summed E-state index contributed by atoms with van der Waals surface area (Å²) in [4.78, 5) is 13.5. The largest absolute Gasteiger partial charge is 0.333 e. The molecule has 0 heterocycles. The quantitative estimate of drug-likeness (QED) is 0.446. The maximum absolute atomic E-state index is 13.8. The highest BCUT2D eigenvalue weighted by Crippen LogP contribution is 2.26. The average Bonchev–Trinajstić information content (AvgIpc) is 2.50. The number of nitrogens with zero attached hydrogens (tertiary/aromatic N) is 1. The number of hydrogen-bond acceptors (Lipinski definition) is 1. The van der Waals surface area contributed by atoms with E-state index >= 15 is 0 Å². The molecule has 1 amide bonds. The van der Waals surface area contributed by atoms with Crippen LogP contribution in [-0.2, 0) is 0 Å². The highest BCUT2D eigenvalue weighted by atomic mass is 19.2. The van der Waals surface area contributed by atoms with Crippen molar-refractivity contribution in [3.63, 3.8) is 0 Å². The van der Waals surface area contributed by atoms with E-state index in [0.717, 1.165) is 4.90 Å². The normalized spacial score (nSPS) is 13.9. The second kappa shape index (κ2) is 7.07. The summed E-state index contributed by atoms with van der Waals surface area (Å²) in [6.07, 6.45) is 0.955. The third-order valence-corrected chi connectivity index (χ3v) is 3.79. The Hall–Kier alpha value is -1.66. The van der Waals surface area contributed by atoms with Gasteiger partial charge in [0.15, 0.2) is 23.3 Å². The lowest BCUT2D eigenvalue weighted by Crippen LogP contribution is -2.45. The van der Waals surface area contributed by atoms with E-state index in [1.54, 1.807) is 27.7 Å². The smallest absolute Gasteiger partial charge is 0.260 e. The number of amides is 1. The van der Waals surface area contributed by atoms with Crippen molar-refractivity contribution in [1.29, 1.82) is 0 Å². The molecule has 1 rings (SSSR count). The number of carbonyl (C=O) groups is 1. The molecule has 0 fully saturated rings. The van der Waals surface area contributed by atoms with Gasteiger partial charge in [0.2, 0.25) is 5.82 Å². The molecule has 22 heavy (non-hydrogen) atoms. The Kier molecular flexibility index (Phi) is 5.91. The van der Waals surface area contributed by atoms with Gasteiger partial charge in [0.05, 0.1) is 0 Å². The topological polar surface area (TPSA) is 20.3 Å². The van der Waals surface area contributed by atoms with E-state index in [4.69, 9.17) is 0 Å². The van der Waals surface area contributed by atoms with E-state index in [1.165, 1.54) is 0 Å². The Bertz CT molecular complexity index is 537. The predicted molar refractivity (Wildman–Crippen MR) is 71.9 cm³/mol. The first kappa shape index (κ1) is 18.4. The van der Waals surface area contributed by atoms with Crippen LogP contribution in [0.25, 0.3) is 0 Å². The summed E-state index contributed by atoms with van der Waals surface area (Å²) in [7, 11) is 0. The van der Waals surface area contributed by atoms with Gasteiger partial charge in [-0.3, -0.25) is 4.79 Å². The lowest BCUT2D eigenvalue weighted by atomic mass is 10.1. The van der Waals surface area contributed by atoms with Crippen LogP contribution < -0.4 is 0 Å². The van der Waals surface area contributed by atoms with Crippen molar-refractivity contribution >= 4 is 5.91 Å². The van der Waals surface area contributed by atoms with Gasteiger partial charge in [-0.25, -0.2) is 22.0 Å². The second-order valence-corrected chi connectivity index (χ2v) is 5.17. The molecule has 0 spiro atoms. The molecule has 0 radical (unpaired) electrons. The molecule has 0 aromatic heterocycles. The van der Waals surface area contributed by atoms with Crippen molar-refractivity contribution in [3.8, 4) is 0 Å². The van der Waals surface area contributed by atoms with Gasteiger partial charge in [0.25, 0.3) is 5.91 Å². The minimum absolute atomic E-state index is 0.405. The molecule has 0 unspecified atom stereocenters. The summed E-state index contributed by atoms with van der Waals surface area (Å²) in [5.41, 5.74) is -1.41. The number of hydrogen-bond donors (Lipinski definition) is 0. The van der Waals surface area contributed by atoms with Gasteiger partial charge in [0, 0.05) is 12.1 Å². The molecule has 2 nitrogen and oxygen atoms in total. The van der Waals surface area contributed by atoms with E-state index in [2.05, 4.69) is 0 Å². The van der Waals surface area contributed by atoms with Crippen LogP contribution in [0.4, 0.5) is 22.0 Å². The molecule has 7 heteroatoms. The van der Waals surface area contributed by atoms with Crippen molar-refractivity contribution in [2.24, 2.45) is 0 Å². The Labute approximate surface area is 125 Å². The van der Waals surface area contributed by atoms with Crippen LogP contribution in [-0.4, -0.2) is 22.9 Å². The van der Waals surface area contributed by atoms with Gasteiger partial charge in [-0.1, -0.05) is 13.8 Å². The first-order chi connectivity index (χ1) is 10.2. The monoisotopic (exact) mass is 323 g/mol. The van der Waals surface area contributed by atoms with Gasteiger partial charge in [0.1, 0.15) is 5.56 Å². The molecule has 0 aliphatic rings. The SMILES string of the molecule is CC[C@@H](C)N(C(=O)c1c(F)c(F)c(F)c(F)c1F)[C@H](C)CC. The third kappa shape index (κ3) is 3.08. The summed E-state index contributed by atoms with van der Waals surface area (Å²) in [6, 6.07) is -0.810. The number of carbonyl (C=O) groups excluding carboxylic acids is 1. The van der Waals surface area contributed by atoms with Crippen molar-refractivity contribution in [1.82, 2.24) is 4.90 Å². The van der Waals surface area contributed by atoms with E-state index in [0.29, 0.717) is 12.8 Å². The molecular formula is C15H18F5NO. The molecule has 0 aliphatic heterocycles. The van der Waals surface area contributed by atoms with Gasteiger partial charge < -0.3 is 4.90 Å². The molecule has 2 atom stereocenters. The zero-order chi connectivity index (χ0) is 17.2. The van der Waals surface area contributed by atoms with E-state index < -0.39 is 52.6 Å². The summed E-state index contributed by atoms with van der Waals surface area (Å²) >= 11 is 0. The van der Waals surface area contributed by atoms with E-state index in [1.807, 2.05) is 0 Å². The maximum Gasteiger partial charge on any atom is 0.260 e. The molecule has 1 aromatic carbocycles. The fourth-order valence-electron chi connectivity index (χ4n) is 2.15. The molecule has 0 saturated carbocycles. The predicted octanol–water partition coefficient (Wildman–Crippen LogP) is 4.42. The van der Waals surface area contributed by atoms with Crippen molar-refractivity contribution in [3.05, 3.63) is 34.6 Å². The van der Waals surface area contributed by atoms with Crippen LogP contribution in [0.15, 0.2) is 0 Å². The van der Waals surface area contributed by atoms with Crippen molar-refractivity contribution < 1.29 is 26.7 Å². The molecular weight excluding hydrogens is 305 g/mol. The van der Waals surface area contributed by atoms with Crippen molar-refractivity contribution in [2.75, 3.05) is 0 Å². The first-order valence-electron chi connectivity index (χ1n) is 7.02. The van der Waals surface area contributed by atoms with Crippen LogP contribution >= 0.6 is 0 Å². The van der Waals surface area contributed by atoms with Crippen LogP contribution in [0.2, 0.25) is 0 Å². The summed E-state index contributed by atoms with van der Waals surface area (Å²) in [6.45, 7) is 6.81. The Balaban J connectivity index is 3.49. The Morgan fingerprint density at radius 1 is 0.818 bits per heavy atom. The van der Waals surface area contributed by atoms with Gasteiger partial charge in [-0.15, -0.1) is 0 Å². The molecule has 0 bridgehead atoms. The van der Waals surface area contributed by atoms with Crippen molar-refractivity contribution in [2.45, 2.75) is 52.6 Å². The molecule has 124 valence electrons. The fourth-order valence-corrected chi connectivity index (χ4v) is 2.15. The highest BCUT2D eigenvalue weighted by molar-refractivity contribution is 5.95. The number of rotatable bonds is 5. The van der Waals surface area contributed by atoms with Gasteiger partial charge in [-0.05, 0) is 26.7 Å². The highest BCUT2D eigenvalue weighted by Gasteiger charge is 2.34. The zero-order valence-electron chi connectivity index (χ0n) is 12.8. The van der Waals surface area contributed by atoms with Crippen LogP contribution in [0.1, 0.15) is 50.9 Å². The van der Waals surface area contributed by atoms with Gasteiger partial charge in [-0.2, -0.15) is 0 Å². The van der Waals surface area contributed by atoms with Gasteiger partial charge >= 0.3 is 0 Å². The Morgan fingerprint density at radius 2 is 1.14 bits per heavy atom. The second-order valence-electron chi connectivity index (χ2n) is 5.17. The first-order valence-corrected chi connectivity index (χ1v) is 7.02. The van der Waals surface area contributed by atoms with E-state index in [-0.39, 0.29) is 0 Å². The fraction of sp³-hybridized carbons (Fsp3) is 0.533. The summed E-state index contributed by atoms with van der Waals surface area (Å²) in [5.74, 6) is -11.9.